The van der Waals surface area contributed by atoms with Crippen molar-refractivity contribution >= 4 is 50.9 Å². The van der Waals surface area contributed by atoms with E-state index in [1.54, 1.807) is 48.5 Å². The summed E-state index contributed by atoms with van der Waals surface area (Å²) in [7, 11) is -4.57. The van der Waals surface area contributed by atoms with Crippen molar-refractivity contribution < 1.29 is 22.7 Å². The van der Waals surface area contributed by atoms with Crippen LogP contribution in [0.3, 0.4) is 0 Å². The fraction of sp³-hybridized carbons (Fsp3) is 0.333. The topological polar surface area (TPSA) is 117 Å². The third-order valence-electron chi connectivity index (χ3n) is 6.88. The van der Waals surface area contributed by atoms with Crippen LogP contribution in [-0.2, 0) is 15.0 Å². The number of carbonyl (C=O) groups is 2. The monoisotopic (exact) mass is 632 g/mol. The summed E-state index contributed by atoms with van der Waals surface area (Å²) in [6.07, 6.45) is 5.15. The molecule has 1 fully saturated rings. The van der Waals surface area contributed by atoms with Crippen LogP contribution in [-0.4, -0.2) is 50.7 Å². The number of para-hydroxylation sites is 2. The molecule has 12 heteroatoms. The number of halogens is 2. The Bertz CT molecular complexity index is 1470. The lowest BCUT2D eigenvalue weighted by Crippen LogP contribution is -2.46. The first-order chi connectivity index (χ1) is 20.2. The van der Waals surface area contributed by atoms with Crippen molar-refractivity contribution in [2.45, 2.75) is 32.1 Å². The van der Waals surface area contributed by atoms with Crippen LogP contribution in [0.1, 0.15) is 42.5 Å². The molecule has 1 aliphatic rings. The molecule has 0 unspecified atom stereocenters. The summed E-state index contributed by atoms with van der Waals surface area (Å²) in [6, 6.07) is 18.8. The van der Waals surface area contributed by atoms with Gasteiger partial charge in [-0.2, -0.15) is 8.42 Å². The molecule has 3 N–H and O–H groups in total. The van der Waals surface area contributed by atoms with E-state index in [0.29, 0.717) is 21.8 Å². The predicted molar refractivity (Wildman–Crippen MR) is 165 cm³/mol. The average Bonchev–Trinajstić information content (AvgIpc) is 2.98. The Hall–Kier alpha value is -3.31. The lowest BCUT2D eigenvalue weighted by atomic mass is 9.92. The van der Waals surface area contributed by atoms with Crippen molar-refractivity contribution in [2.75, 3.05) is 30.9 Å². The number of benzene rings is 3. The minimum absolute atomic E-state index is 0.0488. The maximum absolute atomic E-state index is 13.6. The van der Waals surface area contributed by atoms with E-state index in [-0.39, 0.29) is 27.8 Å². The summed E-state index contributed by atoms with van der Waals surface area (Å²) < 4.78 is 36.1. The van der Waals surface area contributed by atoms with Gasteiger partial charge in [0.25, 0.3) is 5.91 Å². The van der Waals surface area contributed by atoms with E-state index in [9.17, 15) is 18.0 Å². The van der Waals surface area contributed by atoms with E-state index in [0.717, 1.165) is 45.2 Å². The van der Waals surface area contributed by atoms with Gasteiger partial charge in [-0.3, -0.25) is 14.3 Å². The third kappa shape index (κ3) is 9.09. The van der Waals surface area contributed by atoms with Gasteiger partial charge in [-0.25, -0.2) is 4.31 Å². The van der Waals surface area contributed by atoms with Crippen molar-refractivity contribution in [1.82, 2.24) is 14.9 Å². The van der Waals surface area contributed by atoms with Gasteiger partial charge in [0.05, 0.1) is 10.7 Å². The van der Waals surface area contributed by atoms with Crippen LogP contribution < -0.4 is 20.1 Å². The summed E-state index contributed by atoms with van der Waals surface area (Å²) in [4.78, 5) is 26.3. The highest BCUT2D eigenvalue weighted by molar-refractivity contribution is 7.91. The van der Waals surface area contributed by atoms with Crippen molar-refractivity contribution in [3.63, 3.8) is 0 Å². The second kappa shape index (κ2) is 15.2. The largest absolute Gasteiger partial charge is 0.454 e. The van der Waals surface area contributed by atoms with E-state index in [2.05, 4.69) is 15.4 Å². The number of unbranched alkanes of at least 4 members (excludes halogenated alkanes) is 1. The lowest BCUT2D eigenvalue weighted by molar-refractivity contribution is -0.121. The van der Waals surface area contributed by atoms with Gasteiger partial charge in [0.15, 0.2) is 5.75 Å². The fourth-order valence-electron chi connectivity index (χ4n) is 4.64. The summed E-state index contributed by atoms with van der Waals surface area (Å²) in [6.45, 7) is 1.79. The number of anilines is 1. The maximum Gasteiger partial charge on any atom is 0.327 e. The zero-order chi connectivity index (χ0) is 30.0. The molecular weight excluding hydrogens is 599 g/mol. The number of amides is 2. The number of rotatable bonds is 13. The first kappa shape index (κ1) is 31.6. The van der Waals surface area contributed by atoms with Crippen LogP contribution in [0.2, 0.25) is 10.0 Å². The lowest BCUT2D eigenvalue weighted by Gasteiger charge is -2.24. The molecule has 0 atom stereocenters. The van der Waals surface area contributed by atoms with Crippen LogP contribution in [0.15, 0.2) is 72.8 Å². The smallest absolute Gasteiger partial charge is 0.327 e. The van der Waals surface area contributed by atoms with Crippen LogP contribution in [0.5, 0.6) is 11.5 Å². The molecule has 1 heterocycles. The number of hydrogen-bond acceptors (Lipinski definition) is 6. The number of ether oxygens (including phenoxy) is 1. The van der Waals surface area contributed by atoms with Crippen LogP contribution in [0.25, 0.3) is 0 Å². The molecule has 1 saturated heterocycles. The molecule has 2 amide bonds. The van der Waals surface area contributed by atoms with Gasteiger partial charge < -0.3 is 15.4 Å². The van der Waals surface area contributed by atoms with Gasteiger partial charge in [0.1, 0.15) is 12.3 Å². The van der Waals surface area contributed by atoms with Crippen molar-refractivity contribution in [1.29, 1.82) is 0 Å². The molecular formula is C30H34Cl2N4O5S. The number of carbonyl (C=O) groups excluding carboxylic acids is 2. The Morgan fingerprint density at radius 2 is 1.64 bits per heavy atom. The maximum atomic E-state index is 13.6. The van der Waals surface area contributed by atoms with Crippen molar-refractivity contribution in [3.05, 3.63) is 88.4 Å². The van der Waals surface area contributed by atoms with Crippen LogP contribution in [0, 0.1) is 5.92 Å². The molecule has 224 valence electrons. The SMILES string of the molecule is O=C(CN(C(=O)c1ccccc1)S(=O)(=O)Nc1ccccc1Oc1ccc(Cl)cc1Cl)NCCCCC1CCNCC1. The molecule has 3 aromatic rings. The molecule has 1 aliphatic heterocycles. The second-order valence-corrected chi connectivity index (χ2v) is 12.4. The van der Waals surface area contributed by atoms with Crippen molar-refractivity contribution in [3.8, 4) is 11.5 Å². The molecule has 4 rings (SSSR count). The highest BCUT2D eigenvalue weighted by atomic mass is 35.5. The highest BCUT2D eigenvalue weighted by Gasteiger charge is 2.31. The van der Waals surface area contributed by atoms with Gasteiger partial charge in [-0.15, -0.1) is 0 Å². The molecule has 0 saturated carbocycles. The standard InChI is InChI=1S/C30H34Cl2N4O5S/c31-24-13-14-27(25(32)20-24)41-28-12-5-4-11-26(28)35-42(39,40)36(30(38)23-9-2-1-3-10-23)21-29(37)34-17-7-6-8-22-15-18-33-19-16-22/h1-5,9-14,20,22,33,35H,6-8,15-19,21H2,(H,34,37). The zero-order valence-electron chi connectivity index (χ0n) is 23.0. The minimum atomic E-state index is -4.57. The van der Waals surface area contributed by atoms with Crippen molar-refractivity contribution in [2.24, 2.45) is 5.92 Å². The first-order valence-corrected chi connectivity index (χ1v) is 16.0. The number of nitrogens with one attached hydrogen (secondary N) is 3. The Morgan fingerprint density at radius 1 is 0.929 bits per heavy atom. The Labute approximate surface area is 256 Å². The van der Waals surface area contributed by atoms with E-state index < -0.39 is 28.6 Å². The Kier molecular flexibility index (Phi) is 11.5. The quantitative estimate of drug-likeness (QED) is 0.203. The highest BCUT2D eigenvalue weighted by Crippen LogP contribution is 2.35. The normalized spacial score (nSPS) is 13.8. The number of hydrogen-bond donors (Lipinski definition) is 3. The summed E-state index contributed by atoms with van der Waals surface area (Å²) in [5, 5.41) is 6.76. The van der Waals surface area contributed by atoms with Gasteiger partial charge in [-0.1, -0.05) is 66.4 Å². The molecule has 0 aliphatic carbocycles. The number of nitrogens with zero attached hydrogens (tertiary/aromatic N) is 1. The van der Waals surface area contributed by atoms with Gasteiger partial charge in [0.2, 0.25) is 5.91 Å². The van der Waals surface area contributed by atoms with Gasteiger partial charge in [0, 0.05) is 17.1 Å². The average molecular weight is 634 g/mol. The van der Waals surface area contributed by atoms with Crippen LogP contribution in [0.4, 0.5) is 5.69 Å². The molecule has 42 heavy (non-hydrogen) atoms. The first-order valence-electron chi connectivity index (χ1n) is 13.8. The van der Waals surface area contributed by atoms with E-state index >= 15 is 0 Å². The van der Waals surface area contributed by atoms with Crippen LogP contribution >= 0.6 is 23.2 Å². The van der Waals surface area contributed by atoms with E-state index in [4.69, 9.17) is 27.9 Å². The Balaban J connectivity index is 1.46. The van der Waals surface area contributed by atoms with Gasteiger partial charge >= 0.3 is 10.2 Å². The number of piperidine rings is 1. The predicted octanol–water partition coefficient (Wildman–Crippen LogP) is 5.87. The summed E-state index contributed by atoms with van der Waals surface area (Å²) in [5.41, 5.74) is 0.169. The summed E-state index contributed by atoms with van der Waals surface area (Å²) in [5.74, 6) is -0.341. The summed E-state index contributed by atoms with van der Waals surface area (Å²) >= 11 is 12.2. The fourth-order valence-corrected chi connectivity index (χ4v) is 6.26. The molecule has 0 radical (unpaired) electrons. The van der Waals surface area contributed by atoms with Gasteiger partial charge in [-0.05, 0) is 80.7 Å². The zero-order valence-corrected chi connectivity index (χ0v) is 25.4. The molecule has 3 aromatic carbocycles. The molecule has 0 bridgehead atoms. The van der Waals surface area contributed by atoms with E-state index in [1.807, 2.05) is 0 Å². The van der Waals surface area contributed by atoms with E-state index in [1.165, 1.54) is 24.3 Å². The molecule has 0 aromatic heterocycles. The third-order valence-corrected chi connectivity index (χ3v) is 8.77. The second-order valence-electron chi connectivity index (χ2n) is 10.00. The Morgan fingerprint density at radius 3 is 2.38 bits per heavy atom. The minimum Gasteiger partial charge on any atom is -0.454 e. The molecule has 0 spiro atoms. The molecule has 9 nitrogen and oxygen atoms in total.